The van der Waals surface area contributed by atoms with Gasteiger partial charge in [0.25, 0.3) is 0 Å². The molecule has 0 aliphatic heterocycles. The van der Waals surface area contributed by atoms with Gasteiger partial charge in [-0.3, -0.25) is 9.59 Å². The molecule has 2 aliphatic rings. The highest BCUT2D eigenvalue weighted by molar-refractivity contribution is 5.95. The number of carbonyl (C=O) groups is 2. The summed E-state index contributed by atoms with van der Waals surface area (Å²) in [4.78, 5) is 23.3. The van der Waals surface area contributed by atoms with Crippen LogP contribution in [0.1, 0.15) is 45.4 Å². The molecule has 0 aromatic carbocycles. The molecule has 1 fully saturated rings. The Balaban J connectivity index is 2.39. The third-order valence-corrected chi connectivity index (χ3v) is 3.61. The summed E-state index contributed by atoms with van der Waals surface area (Å²) in [5.74, 6) is 0.545. The third-order valence-electron chi connectivity index (χ3n) is 3.61. The summed E-state index contributed by atoms with van der Waals surface area (Å²) >= 11 is 0. The second-order valence-electron chi connectivity index (χ2n) is 4.60. The zero-order valence-electron chi connectivity index (χ0n) is 8.64. The maximum Gasteiger partial charge on any atom is 0.155 e. The highest BCUT2D eigenvalue weighted by Crippen LogP contribution is 2.43. The van der Waals surface area contributed by atoms with Crippen LogP contribution in [-0.2, 0) is 9.59 Å². The lowest BCUT2D eigenvalue weighted by molar-refractivity contribution is -0.127. The van der Waals surface area contributed by atoms with Gasteiger partial charge in [-0.2, -0.15) is 0 Å². The van der Waals surface area contributed by atoms with Crippen LogP contribution >= 0.6 is 0 Å². The first-order valence-corrected chi connectivity index (χ1v) is 5.40. The molecular formula is C12H16O2. The Morgan fingerprint density at radius 2 is 1.93 bits per heavy atom. The minimum atomic E-state index is -0.301. The zero-order chi connectivity index (χ0) is 10.2. The van der Waals surface area contributed by atoms with Gasteiger partial charge >= 0.3 is 0 Å². The smallest absolute Gasteiger partial charge is 0.155 e. The van der Waals surface area contributed by atoms with Crippen molar-refractivity contribution in [3.8, 4) is 0 Å². The van der Waals surface area contributed by atoms with E-state index in [1.807, 2.05) is 6.92 Å². The number of hydrogen-bond acceptors (Lipinski definition) is 2. The molecule has 0 radical (unpaired) electrons. The fraction of sp³-hybridized carbons (Fsp3) is 0.667. The zero-order valence-corrected chi connectivity index (χ0v) is 8.64. The van der Waals surface area contributed by atoms with E-state index in [-0.39, 0.29) is 11.2 Å². The van der Waals surface area contributed by atoms with Crippen molar-refractivity contribution in [3.63, 3.8) is 0 Å². The summed E-state index contributed by atoms with van der Waals surface area (Å²) in [6.45, 7) is 2.01. The van der Waals surface area contributed by atoms with Gasteiger partial charge in [0.05, 0.1) is 0 Å². The minimum Gasteiger partial charge on any atom is -0.299 e. The first-order valence-electron chi connectivity index (χ1n) is 5.40. The van der Waals surface area contributed by atoms with Crippen molar-refractivity contribution in [1.29, 1.82) is 0 Å². The summed E-state index contributed by atoms with van der Waals surface area (Å²) < 4.78 is 0. The largest absolute Gasteiger partial charge is 0.299 e. The summed E-state index contributed by atoms with van der Waals surface area (Å²) in [7, 11) is 0. The topological polar surface area (TPSA) is 34.1 Å². The van der Waals surface area contributed by atoms with Gasteiger partial charge in [-0.25, -0.2) is 0 Å². The summed E-state index contributed by atoms with van der Waals surface area (Å²) in [5.41, 5.74) is 0.793. The standard InChI is InChI=1S/C12H16O2/c1-12-7-3-5-10(13)8-9(12)4-2-6-11(12)14/h8H,2-7H2,1H3. The first kappa shape index (κ1) is 9.63. The summed E-state index contributed by atoms with van der Waals surface area (Å²) in [6.07, 6.45) is 6.64. The molecule has 2 aliphatic carbocycles. The Hall–Kier alpha value is -0.920. The Morgan fingerprint density at radius 1 is 1.14 bits per heavy atom. The number of ketones is 2. The molecule has 1 unspecified atom stereocenters. The number of allylic oxidation sites excluding steroid dienone is 2. The van der Waals surface area contributed by atoms with Crippen molar-refractivity contribution in [2.75, 3.05) is 0 Å². The van der Waals surface area contributed by atoms with Crippen LogP contribution in [0.25, 0.3) is 0 Å². The second kappa shape index (κ2) is 3.34. The Labute approximate surface area is 84.4 Å². The lowest BCUT2D eigenvalue weighted by Crippen LogP contribution is -2.33. The molecule has 76 valence electrons. The molecule has 14 heavy (non-hydrogen) atoms. The van der Waals surface area contributed by atoms with E-state index < -0.39 is 0 Å². The normalized spacial score (nSPS) is 33.4. The molecule has 0 aromatic heterocycles. The summed E-state index contributed by atoms with van der Waals surface area (Å²) in [5, 5.41) is 0. The van der Waals surface area contributed by atoms with Crippen LogP contribution in [0.5, 0.6) is 0 Å². The van der Waals surface area contributed by atoms with E-state index >= 15 is 0 Å². The van der Waals surface area contributed by atoms with Crippen LogP contribution in [0.2, 0.25) is 0 Å². The maximum absolute atomic E-state index is 11.9. The van der Waals surface area contributed by atoms with Crippen LogP contribution in [0.15, 0.2) is 11.6 Å². The minimum absolute atomic E-state index is 0.207. The molecule has 0 bridgehead atoms. The van der Waals surface area contributed by atoms with Gasteiger partial charge in [0.15, 0.2) is 5.78 Å². The van der Waals surface area contributed by atoms with Crippen molar-refractivity contribution in [2.24, 2.45) is 5.41 Å². The van der Waals surface area contributed by atoms with Crippen LogP contribution in [0.3, 0.4) is 0 Å². The van der Waals surface area contributed by atoms with Crippen molar-refractivity contribution < 1.29 is 9.59 Å². The van der Waals surface area contributed by atoms with E-state index in [0.717, 1.165) is 31.3 Å². The molecule has 2 rings (SSSR count). The van der Waals surface area contributed by atoms with Gasteiger partial charge in [0, 0.05) is 18.3 Å². The number of carbonyl (C=O) groups excluding carboxylic acids is 2. The van der Waals surface area contributed by atoms with Gasteiger partial charge in [0.1, 0.15) is 5.78 Å². The molecule has 0 spiro atoms. The van der Waals surface area contributed by atoms with Crippen molar-refractivity contribution >= 4 is 11.6 Å². The van der Waals surface area contributed by atoms with Crippen LogP contribution in [0.4, 0.5) is 0 Å². The van der Waals surface area contributed by atoms with Gasteiger partial charge in [-0.1, -0.05) is 5.57 Å². The lowest BCUT2D eigenvalue weighted by Gasteiger charge is -2.33. The predicted molar refractivity (Wildman–Crippen MR) is 53.9 cm³/mol. The molecule has 2 heteroatoms. The monoisotopic (exact) mass is 192 g/mol. The van der Waals surface area contributed by atoms with Gasteiger partial charge in [-0.15, -0.1) is 0 Å². The van der Waals surface area contributed by atoms with Crippen LogP contribution in [0, 0.1) is 5.41 Å². The fourth-order valence-corrected chi connectivity index (χ4v) is 2.58. The van der Waals surface area contributed by atoms with Gasteiger partial charge in [0.2, 0.25) is 0 Å². The van der Waals surface area contributed by atoms with Crippen LogP contribution < -0.4 is 0 Å². The van der Waals surface area contributed by atoms with Crippen molar-refractivity contribution in [3.05, 3.63) is 11.6 Å². The highest BCUT2D eigenvalue weighted by atomic mass is 16.1. The van der Waals surface area contributed by atoms with E-state index in [0.29, 0.717) is 18.6 Å². The average molecular weight is 192 g/mol. The van der Waals surface area contributed by atoms with E-state index in [2.05, 4.69) is 0 Å². The molecule has 0 N–H and O–H groups in total. The molecule has 1 saturated carbocycles. The van der Waals surface area contributed by atoms with E-state index in [4.69, 9.17) is 0 Å². The predicted octanol–water partition coefficient (Wildman–Crippen LogP) is 2.43. The number of Topliss-reactive ketones (excluding diaryl/α,β-unsaturated/α-hetero) is 1. The second-order valence-corrected chi connectivity index (χ2v) is 4.60. The van der Waals surface area contributed by atoms with E-state index in [9.17, 15) is 9.59 Å². The molecule has 0 heterocycles. The van der Waals surface area contributed by atoms with Crippen molar-refractivity contribution in [2.45, 2.75) is 45.4 Å². The van der Waals surface area contributed by atoms with E-state index in [1.54, 1.807) is 6.08 Å². The quantitative estimate of drug-likeness (QED) is 0.590. The van der Waals surface area contributed by atoms with Crippen molar-refractivity contribution in [1.82, 2.24) is 0 Å². The highest BCUT2D eigenvalue weighted by Gasteiger charge is 2.39. The number of rotatable bonds is 0. The van der Waals surface area contributed by atoms with Gasteiger partial charge in [-0.05, 0) is 38.7 Å². The van der Waals surface area contributed by atoms with Crippen LogP contribution in [-0.4, -0.2) is 11.6 Å². The molecular weight excluding hydrogens is 176 g/mol. The number of fused-ring (bicyclic) bond motifs is 1. The Kier molecular flexibility index (Phi) is 2.30. The third kappa shape index (κ3) is 1.43. The molecule has 0 saturated heterocycles. The molecule has 0 amide bonds. The molecule has 0 aromatic rings. The Morgan fingerprint density at radius 3 is 2.71 bits per heavy atom. The molecule has 2 nitrogen and oxygen atoms in total. The Bertz CT molecular complexity index is 314. The van der Waals surface area contributed by atoms with E-state index in [1.165, 1.54) is 0 Å². The van der Waals surface area contributed by atoms with Gasteiger partial charge < -0.3 is 0 Å². The lowest BCUT2D eigenvalue weighted by atomic mass is 9.68. The number of hydrogen-bond donors (Lipinski definition) is 0. The summed E-state index contributed by atoms with van der Waals surface area (Å²) in [6, 6.07) is 0. The molecule has 1 atom stereocenters. The first-order chi connectivity index (χ1) is 6.63. The maximum atomic E-state index is 11.9. The fourth-order valence-electron chi connectivity index (χ4n) is 2.58. The average Bonchev–Trinajstić information content (AvgIpc) is 2.27. The SMILES string of the molecule is CC12CCCC(=O)C=C1CCCC2=O.